The maximum absolute atomic E-state index is 12.1. The van der Waals surface area contributed by atoms with Gasteiger partial charge >= 0.3 is 6.09 Å². The van der Waals surface area contributed by atoms with E-state index in [1.807, 2.05) is 46.4 Å². The normalized spacial score (nSPS) is 21.6. The second-order valence-corrected chi connectivity index (χ2v) is 8.05. The van der Waals surface area contributed by atoms with Crippen molar-refractivity contribution < 1.29 is 14.6 Å². The first-order valence-electron chi connectivity index (χ1n) is 8.43. The number of likely N-dealkylation sites (tertiary alicyclic amines) is 1. The predicted molar refractivity (Wildman–Crippen MR) is 88.9 cm³/mol. The molecule has 0 aromatic rings. The van der Waals surface area contributed by atoms with Crippen LogP contribution in [-0.4, -0.2) is 53.0 Å². The van der Waals surface area contributed by atoms with Gasteiger partial charge in [-0.25, -0.2) is 4.79 Å². The fraction of sp³-hybridized carbons (Fsp3) is 0.941. The van der Waals surface area contributed by atoms with Crippen LogP contribution in [-0.2, 0) is 4.74 Å². The topological polar surface area (TPSA) is 61.8 Å². The monoisotopic (exact) mass is 314 g/mol. The summed E-state index contributed by atoms with van der Waals surface area (Å²) in [5.74, 6) is 0.503. The van der Waals surface area contributed by atoms with Crippen LogP contribution in [0.25, 0.3) is 0 Å². The van der Waals surface area contributed by atoms with Crippen LogP contribution in [0, 0.1) is 5.92 Å². The van der Waals surface area contributed by atoms with Crippen LogP contribution in [0.3, 0.4) is 0 Å². The lowest BCUT2D eigenvalue weighted by Crippen LogP contribution is -2.46. The van der Waals surface area contributed by atoms with Crippen LogP contribution in [0.1, 0.15) is 60.8 Å². The highest BCUT2D eigenvalue weighted by atomic mass is 16.6. The molecular formula is C17H34N2O3. The van der Waals surface area contributed by atoms with Gasteiger partial charge in [-0.05, 0) is 73.3 Å². The van der Waals surface area contributed by atoms with Gasteiger partial charge in [0.05, 0.1) is 5.60 Å². The predicted octanol–water partition coefficient (Wildman–Crippen LogP) is 2.77. The number of carbonyl (C=O) groups excluding carboxylic acids is 1. The molecule has 0 aromatic carbocycles. The largest absolute Gasteiger partial charge is 0.444 e. The van der Waals surface area contributed by atoms with Gasteiger partial charge in [-0.3, -0.25) is 0 Å². The molecule has 0 spiro atoms. The van der Waals surface area contributed by atoms with Crippen molar-refractivity contribution in [2.45, 2.75) is 78.0 Å². The molecule has 130 valence electrons. The number of nitrogens with zero attached hydrogens (tertiary/aromatic N) is 1. The minimum atomic E-state index is -0.713. The van der Waals surface area contributed by atoms with Gasteiger partial charge in [0.1, 0.15) is 5.60 Å². The number of hydrogen-bond acceptors (Lipinski definition) is 4. The van der Waals surface area contributed by atoms with E-state index in [0.717, 1.165) is 38.9 Å². The van der Waals surface area contributed by atoms with Crippen molar-refractivity contribution in [1.29, 1.82) is 0 Å². The number of nitrogens with one attached hydrogen (secondary N) is 1. The Kier molecular flexibility index (Phi) is 6.68. The molecule has 0 saturated carbocycles. The number of amides is 1. The second-order valence-electron chi connectivity index (χ2n) is 8.05. The minimum Gasteiger partial charge on any atom is -0.444 e. The number of piperidine rings is 1. The third-order valence-corrected chi connectivity index (χ3v) is 4.23. The maximum Gasteiger partial charge on any atom is 0.410 e. The van der Waals surface area contributed by atoms with Crippen LogP contribution >= 0.6 is 0 Å². The number of hydrogen-bond donors (Lipinski definition) is 2. The Morgan fingerprint density at radius 3 is 2.55 bits per heavy atom. The standard InChI is InChI=1S/C17H34N2O3/c1-13(17(5,6)21)18-10-9-14-8-7-11-19(12-14)15(20)22-16(2,3)4/h13-14,18,21H,7-12H2,1-6H3. The molecule has 0 aliphatic carbocycles. The second kappa shape index (κ2) is 7.64. The third-order valence-electron chi connectivity index (χ3n) is 4.23. The van der Waals surface area contributed by atoms with E-state index in [2.05, 4.69) is 5.32 Å². The lowest BCUT2D eigenvalue weighted by atomic mass is 9.94. The number of ether oxygens (including phenoxy) is 1. The minimum absolute atomic E-state index is 0.0537. The van der Waals surface area contributed by atoms with Gasteiger partial charge in [0, 0.05) is 19.1 Å². The molecule has 1 amide bonds. The number of aliphatic hydroxyl groups is 1. The van der Waals surface area contributed by atoms with E-state index in [-0.39, 0.29) is 12.1 Å². The summed E-state index contributed by atoms with van der Waals surface area (Å²) in [6.45, 7) is 13.7. The Bertz CT molecular complexity index is 358. The summed E-state index contributed by atoms with van der Waals surface area (Å²) in [4.78, 5) is 14.0. The van der Waals surface area contributed by atoms with Gasteiger partial charge in [-0.15, -0.1) is 0 Å². The molecule has 2 atom stereocenters. The van der Waals surface area contributed by atoms with E-state index in [4.69, 9.17) is 4.74 Å². The Hall–Kier alpha value is -0.810. The molecule has 2 unspecified atom stereocenters. The summed E-state index contributed by atoms with van der Waals surface area (Å²) in [5.41, 5.74) is -1.15. The van der Waals surface area contributed by atoms with E-state index in [0.29, 0.717) is 5.92 Å². The molecule has 1 saturated heterocycles. The molecule has 1 rings (SSSR count). The van der Waals surface area contributed by atoms with Gasteiger partial charge in [-0.1, -0.05) is 0 Å². The lowest BCUT2D eigenvalue weighted by Gasteiger charge is -2.34. The van der Waals surface area contributed by atoms with Crippen LogP contribution in [0.4, 0.5) is 4.79 Å². The molecule has 1 aliphatic rings. The SMILES string of the molecule is CC(NCCC1CCCN(C(=O)OC(C)(C)C)C1)C(C)(C)O. The van der Waals surface area contributed by atoms with Gasteiger partial charge in [0.15, 0.2) is 0 Å². The summed E-state index contributed by atoms with van der Waals surface area (Å²) in [7, 11) is 0. The van der Waals surface area contributed by atoms with Crippen LogP contribution in [0.15, 0.2) is 0 Å². The van der Waals surface area contributed by atoms with E-state index < -0.39 is 11.2 Å². The van der Waals surface area contributed by atoms with Crippen molar-refractivity contribution in [2.75, 3.05) is 19.6 Å². The smallest absolute Gasteiger partial charge is 0.410 e. The molecule has 5 heteroatoms. The summed E-state index contributed by atoms with van der Waals surface area (Å²) in [6.07, 6.45) is 3.00. The van der Waals surface area contributed by atoms with Crippen LogP contribution < -0.4 is 5.32 Å². The lowest BCUT2D eigenvalue weighted by molar-refractivity contribution is 0.0158. The number of carbonyl (C=O) groups is 1. The van der Waals surface area contributed by atoms with Gasteiger partial charge in [0.25, 0.3) is 0 Å². The van der Waals surface area contributed by atoms with Crippen molar-refractivity contribution in [3.05, 3.63) is 0 Å². The molecule has 0 radical (unpaired) electrons. The van der Waals surface area contributed by atoms with Crippen molar-refractivity contribution in [3.8, 4) is 0 Å². The van der Waals surface area contributed by atoms with Crippen molar-refractivity contribution in [2.24, 2.45) is 5.92 Å². The molecule has 0 aromatic heterocycles. The van der Waals surface area contributed by atoms with E-state index in [9.17, 15) is 9.90 Å². The molecule has 22 heavy (non-hydrogen) atoms. The Balaban J connectivity index is 2.36. The average Bonchev–Trinajstić information content (AvgIpc) is 2.36. The van der Waals surface area contributed by atoms with E-state index in [1.165, 1.54) is 0 Å². The first-order valence-corrected chi connectivity index (χ1v) is 8.43. The zero-order valence-electron chi connectivity index (χ0n) is 15.1. The highest BCUT2D eigenvalue weighted by Gasteiger charge is 2.28. The molecular weight excluding hydrogens is 280 g/mol. The highest BCUT2D eigenvalue weighted by molar-refractivity contribution is 5.68. The Morgan fingerprint density at radius 2 is 2.00 bits per heavy atom. The van der Waals surface area contributed by atoms with E-state index in [1.54, 1.807) is 0 Å². The zero-order valence-corrected chi connectivity index (χ0v) is 15.1. The average molecular weight is 314 g/mol. The van der Waals surface area contributed by atoms with E-state index >= 15 is 0 Å². The molecule has 2 N–H and O–H groups in total. The number of rotatable bonds is 5. The maximum atomic E-state index is 12.1. The Morgan fingerprint density at radius 1 is 1.36 bits per heavy atom. The molecule has 1 fully saturated rings. The van der Waals surface area contributed by atoms with Gasteiger partial charge in [0.2, 0.25) is 0 Å². The van der Waals surface area contributed by atoms with Crippen molar-refractivity contribution >= 4 is 6.09 Å². The first-order chi connectivity index (χ1) is 9.99. The zero-order chi connectivity index (χ0) is 17.0. The highest BCUT2D eigenvalue weighted by Crippen LogP contribution is 2.21. The molecule has 1 heterocycles. The van der Waals surface area contributed by atoms with Crippen molar-refractivity contribution in [3.63, 3.8) is 0 Å². The first kappa shape index (κ1) is 19.2. The summed E-state index contributed by atoms with van der Waals surface area (Å²) in [5, 5.41) is 13.3. The fourth-order valence-electron chi connectivity index (χ4n) is 2.55. The van der Waals surface area contributed by atoms with Crippen molar-refractivity contribution in [1.82, 2.24) is 10.2 Å². The van der Waals surface area contributed by atoms with Crippen LogP contribution in [0.5, 0.6) is 0 Å². The van der Waals surface area contributed by atoms with Gasteiger partial charge in [-0.2, -0.15) is 0 Å². The van der Waals surface area contributed by atoms with Gasteiger partial charge < -0.3 is 20.1 Å². The van der Waals surface area contributed by atoms with Crippen LogP contribution in [0.2, 0.25) is 0 Å². The molecule has 0 bridgehead atoms. The molecule has 5 nitrogen and oxygen atoms in total. The fourth-order valence-corrected chi connectivity index (χ4v) is 2.55. The molecule has 1 aliphatic heterocycles. The Labute approximate surface area is 135 Å². The summed E-state index contributed by atoms with van der Waals surface area (Å²) in [6, 6.07) is 0.0537. The quantitative estimate of drug-likeness (QED) is 0.819. The summed E-state index contributed by atoms with van der Waals surface area (Å²) < 4.78 is 5.45. The third kappa shape index (κ3) is 6.97. The summed E-state index contributed by atoms with van der Waals surface area (Å²) >= 11 is 0.